The second kappa shape index (κ2) is 6.22. The van der Waals surface area contributed by atoms with Crippen LogP contribution in [0.25, 0.3) is 0 Å². The molecule has 1 fully saturated rings. The minimum Gasteiger partial charge on any atom is -0.351 e. The average Bonchev–Trinajstić information content (AvgIpc) is 3.37. The van der Waals surface area contributed by atoms with Crippen LogP contribution in [0.4, 0.5) is 0 Å². The van der Waals surface area contributed by atoms with Crippen LogP contribution in [0.15, 0.2) is 53.4 Å². The first kappa shape index (κ1) is 17.0. The minimum absolute atomic E-state index is 0.134. The van der Waals surface area contributed by atoms with Crippen molar-refractivity contribution in [2.24, 2.45) is 0 Å². The molecule has 1 amide bonds. The summed E-state index contributed by atoms with van der Waals surface area (Å²) in [5, 5.41) is 3.23. The van der Waals surface area contributed by atoms with E-state index in [1.165, 1.54) is 24.3 Å². The number of hydrogen-bond donors (Lipinski definition) is 1. The van der Waals surface area contributed by atoms with Crippen LogP contribution in [0.1, 0.15) is 24.0 Å². The van der Waals surface area contributed by atoms with E-state index in [1.807, 2.05) is 31.2 Å². The molecule has 1 saturated carbocycles. The van der Waals surface area contributed by atoms with Crippen LogP contribution in [0.5, 0.6) is 0 Å². The highest BCUT2D eigenvalue weighted by molar-refractivity contribution is 7.94. The van der Waals surface area contributed by atoms with Gasteiger partial charge in [0.2, 0.25) is 5.91 Å². The van der Waals surface area contributed by atoms with Gasteiger partial charge in [-0.3, -0.25) is 4.79 Å². The molecule has 0 aliphatic heterocycles. The zero-order chi connectivity index (χ0) is 17.4. The number of amides is 1. The van der Waals surface area contributed by atoms with Gasteiger partial charge in [0.05, 0.1) is 4.90 Å². The molecule has 126 valence electrons. The van der Waals surface area contributed by atoms with Crippen LogP contribution in [0.3, 0.4) is 0 Å². The first-order valence-corrected chi connectivity index (χ1v) is 9.55. The second-order valence-corrected chi connectivity index (χ2v) is 8.82. The lowest BCUT2D eigenvalue weighted by Crippen LogP contribution is -2.41. The molecule has 0 heterocycles. The Balaban J connectivity index is 1.76. The van der Waals surface area contributed by atoms with E-state index in [1.54, 1.807) is 0 Å². The Labute approximate surface area is 146 Å². The third kappa shape index (κ3) is 3.06. The van der Waals surface area contributed by atoms with Crippen molar-refractivity contribution in [3.63, 3.8) is 0 Å². The van der Waals surface area contributed by atoms with Crippen molar-refractivity contribution < 1.29 is 13.2 Å². The van der Waals surface area contributed by atoms with E-state index in [2.05, 4.69) is 5.32 Å². The molecule has 0 saturated heterocycles. The van der Waals surface area contributed by atoms with Crippen LogP contribution < -0.4 is 5.32 Å². The number of hydrogen-bond acceptors (Lipinski definition) is 3. The molecule has 1 N–H and O–H groups in total. The molecule has 6 heteroatoms. The van der Waals surface area contributed by atoms with Crippen LogP contribution in [-0.2, 0) is 21.2 Å². The summed E-state index contributed by atoms with van der Waals surface area (Å²) >= 11 is 5.81. The van der Waals surface area contributed by atoms with Crippen molar-refractivity contribution in [3.05, 3.63) is 64.7 Å². The molecule has 0 atom stereocenters. The summed E-state index contributed by atoms with van der Waals surface area (Å²) in [5.74, 6) is -0.432. The Morgan fingerprint density at radius 3 is 2.21 bits per heavy atom. The third-order valence-electron chi connectivity index (χ3n) is 4.33. The van der Waals surface area contributed by atoms with Gasteiger partial charge in [-0.1, -0.05) is 41.4 Å². The fourth-order valence-electron chi connectivity index (χ4n) is 2.62. The van der Waals surface area contributed by atoms with E-state index < -0.39 is 20.5 Å². The van der Waals surface area contributed by atoms with E-state index in [4.69, 9.17) is 11.6 Å². The van der Waals surface area contributed by atoms with Gasteiger partial charge in [-0.05, 0) is 49.6 Å². The molecule has 24 heavy (non-hydrogen) atoms. The van der Waals surface area contributed by atoms with Gasteiger partial charge in [-0.25, -0.2) is 8.42 Å². The SMILES string of the molecule is Cc1ccc(CNC(=O)C2(S(=O)(=O)c3ccc(Cl)cc3)CC2)cc1. The molecular formula is C18H18ClNO3S. The average molecular weight is 364 g/mol. The van der Waals surface area contributed by atoms with Crippen molar-refractivity contribution in [3.8, 4) is 0 Å². The zero-order valence-corrected chi connectivity index (χ0v) is 14.8. The van der Waals surface area contributed by atoms with E-state index in [0.29, 0.717) is 24.4 Å². The minimum atomic E-state index is -3.73. The summed E-state index contributed by atoms with van der Waals surface area (Å²) < 4.78 is 24.3. The van der Waals surface area contributed by atoms with Crippen molar-refractivity contribution >= 4 is 27.3 Å². The summed E-state index contributed by atoms with van der Waals surface area (Å²) in [6.45, 7) is 2.30. The van der Waals surface area contributed by atoms with Crippen molar-refractivity contribution in [2.75, 3.05) is 0 Å². The molecular weight excluding hydrogens is 346 g/mol. The maximum atomic E-state index is 12.8. The number of halogens is 1. The van der Waals surface area contributed by atoms with Gasteiger partial charge in [0.15, 0.2) is 14.6 Å². The molecule has 1 aliphatic carbocycles. The maximum absolute atomic E-state index is 12.8. The first-order chi connectivity index (χ1) is 11.3. The smallest absolute Gasteiger partial charge is 0.242 e. The lowest BCUT2D eigenvalue weighted by molar-refractivity contribution is -0.121. The largest absolute Gasteiger partial charge is 0.351 e. The van der Waals surface area contributed by atoms with Gasteiger partial charge in [-0.15, -0.1) is 0 Å². The summed E-state index contributed by atoms with van der Waals surface area (Å²) in [6.07, 6.45) is 0.690. The van der Waals surface area contributed by atoms with Gasteiger partial charge in [0.1, 0.15) is 0 Å². The fourth-order valence-corrected chi connectivity index (χ4v) is 4.65. The summed E-state index contributed by atoms with van der Waals surface area (Å²) in [6, 6.07) is 13.7. The Kier molecular flexibility index (Phi) is 4.40. The van der Waals surface area contributed by atoms with Crippen LogP contribution in [0, 0.1) is 6.92 Å². The quantitative estimate of drug-likeness (QED) is 0.886. The topological polar surface area (TPSA) is 63.2 Å². The standard InChI is InChI=1S/C18H18ClNO3S/c1-13-2-4-14(5-3-13)12-20-17(21)18(10-11-18)24(22,23)16-8-6-15(19)7-9-16/h2-9H,10-12H2,1H3,(H,20,21). The van der Waals surface area contributed by atoms with E-state index in [0.717, 1.165) is 11.1 Å². The zero-order valence-electron chi connectivity index (χ0n) is 13.3. The van der Waals surface area contributed by atoms with Gasteiger partial charge in [-0.2, -0.15) is 0 Å². The van der Waals surface area contributed by atoms with Gasteiger partial charge in [0, 0.05) is 11.6 Å². The maximum Gasteiger partial charge on any atom is 0.242 e. The first-order valence-electron chi connectivity index (χ1n) is 7.69. The third-order valence-corrected chi connectivity index (χ3v) is 7.10. The predicted molar refractivity (Wildman–Crippen MR) is 93.6 cm³/mol. The Morgan fingerprint density at radius 1 is 1.08 bits per heavy atom. The van der Waals surface area contributed by atoms with Crippen LogP contribution in [-0.4, -0.2) is 19.1 Å². The number of aryl methyl sites for hydroxylation is 1. The van der Waals surface area contributed by atoms with Crippen molar-refractivity contribution in [2.45, 2.75) is 36.0 Å². The number of carbonyl (C=O) groups is 1. The Morgan fingerprint density at radius 2 is 1.67 bits per heavy atom. The summed E-state index contributed by atoms with van der Waals surface area (Å²) in [4.78, 5) is 12.7. The molecule has 0 spiro atoms. The lowest BCUT2D eigenvalue weighted by atomic mass is 10.1. The van der Waals surface area contributed by atoms with E-state index in [9.17, 15) is 13.2 Å². The Bertz CT molecular complexity index is 854. The van der Waals surface area contributed by atoms with E-state index >= 15 is 0 Å². The number of carbonyl (C=O) groups excluding carboxylic acids is 1. The molecule has 0 bridgehead atoms. The predicted octanol–water partition coefficient (Wildman–Crippen LogP) is 3.27. The number of nitrogens with one attached hydrogen (secondary N) is 1. The van der Waals surface area contributed by atoms with Gasteiger partial charge in [0.25, 0.3) is 0 Å². The van der Waals surface area contributed by atoms with Crippen LogP contribution in [0.2, 0.25) is 5.02 Å². The highest BCUT2D eigenvalue weighted by Crippen LogP contribution is 2.47. The van der Waals surface area contributed by atoms with Crippen molar-refractivity contribution in [1.82, 2.24) is 5.32 Å². The molecule has 0 unspecified atom stereocenters. The molecule has 3 rings (SSSR count). The summed E-state index contributed by atoms with van der Waals surface area (Å²) in [5.41, 5.74) is 2.07. The number of benzene rings is 2. The molecule has 4 nitrogen and oxygen atoms in total. The molecule has 0 aromatic heterocycles. The van der Waals surface area contributed by atoms with Gasteiger partial charge < -0.3 is 5.32 Å². The second-order valence-electron chi connectivity index (χ2n) is 6.12. The summed E-state index contributed by atoms with van der Waals surface area (Å²) in [7, 11) is -3.73. The molecule has 2 aromatic rings. The molecule has 2 aromatic carbocycles. The highest BCUT2D eigenvalue weighted by atomic mass is 35.5. The fraction of sp³-hybridized carbons (Fsp3) is 0.278. The van der Waals surface area contributed by atoms with E-state index in [-0.39, 0.29) is 4.90 Å². The molecule has 0 radical (unpaired) electrons. The van der Waals surface area contributed by atoms with Crippen LogP contribution >= 0.6 is 11.6 Å². The highest BCUT2D eigenvalue weighted by Gasteiger charge is 2.61. The van der Waals surface area contributed by atoms with Gasteiger partial charge >= 0.3 is 0 Å². The molecule has 1 aliphatic rings. The monoisotopic (exact) mass is 363 g/mol. The number of rotatable bonds is 5. The number of sulfone groups is 1. The normalized spacial score (nSPS) is 15.8. The Hall–Kier alpha value is -1.85. The van der Waals surface area contributed by atoms with Crippen molar-refractivity contribution in [1.29, 1.82) is 0 Å². The lowest BCUT2D eigenvalue weighted by Gasteiger charge is -2.16.